The minimum Gasteiger partial charge on any atom is -0.491 e. The minimum atomic E-state index is -0.387. The maximum atomic E-state index is 12.7. The smallest absolute Gasteiger partial charge is 0.229 e. The highest BCUT2D eigenvalue weighted by atomic mass is 32.1. The summed E-state index contributed by atoms with van der Waals surface area (Å²) in [6, 6.07) is 13.1. The molecule has 29 heavy (non-hydrogen) atoms. The normalized spacial score (nSPS) is 16.6. The molecule has 2 heterocycles. The molecule has 2 amide bonds. The number of aromatic nitrogens is 1. The molecule has 2 aromatic carbocycles. The van der Waals surface area contributed by atoms with Crippen molar-refractivity contribution in [3.8, 4) is 5.75 Å². The summed E-state index contributed by atoms with van der Waals surface area (Å²) in [6.07, 6.45) is 0.299. The van der Waals surface area contributed by atoms with Gasteiger partial charge in [-0.1, -0.05) is 0 Å². The van der Waals surface area contributed by atoms with Crippen molar-refractivity contribution in [3.63, 3.8) is 0 Å². The Balaban J connectivity index is 1.43. The molecule has 0 spiro atoms. The molecule has 0 aliphatic carbocycles. The van der Waals surface area contributed by atoms with Gasteiger partial charge < -0.3 is 15.0 Å². The summed E-state index contributed by atoms with van der Waals surface area (Å²) in [7, 11) is 0. The van der Waals surface area contributed by atoms with E-state index in [0.717, 1.165) is 26.7 Å². The van der Waals surface area contributed by atoms with E-state index >= 15 is 0 Å². The maximum absolute atomic E-state index is 12.7. The molecule has 1 aliphatic rings. The van der Waals surface area contributed by atoms with Gasteiger partial charge in [0.05, 0.1) is 27.2 Å². The van der Waals surface area contributed by atoms with Gasteiger partial charge >= 0.3 is 0 Å². The SMILES string of the molecule is Cc1nc2cc(N3CC(C(=O)Nc4ccc(OC(C)C)cc4)CC3=O)ccc2s1. The van der Waals surface area contributed by atoms with E-state index in [-0.39, 0.29) is 30.3 Å². The Kier molecular flexibility index (Phi) is 5.24. The number of carbonyl (C=O) groups excluding carboxylic acids is 2. The average Bonchev–Trinajstić information content (AvgIpc) is 3.24. The van der Waals surface area contributed by atoms with Gasteiger partial charge in [0, 0.05) is 24.3 Å². The number of rotatable bonds is 5. The second kappa shape index (κ2) is 7.83. The van der Waals surface area contributed by atoms with Crippen molar-refractivity contribution in [1.29, 1.82) is 0 Å². The monoisotopic (exact) mass is 409 g/mol. The first-order chi connectivity index (χ1) is 13.9. The number of fused-ring (bicyclic) bond motifs is 1. The lowest BCUT2D eigenvalue weighted by molar-refractivity contribution is -0.122. The van der Waals surface area contributed by atoms with Crippen LogP contribution in [0.3, 0.4) is 0 Å². The van der Waals surface area contributed by atoms with Crippen LogP contribution in [0.2, 0.25) is 0 Å². The van der Waals surface area contributed by atoms with E-state index in [1.165, 1.54) is 0 Å². The van der Waals surface area contributed by atoms with Crippen molar-refractivity contribution in [3.05, 3.63) is 47.5 Å². The van der Waals surface area contributed by atoms with Crippen LogP contribution in [0.1, 0.15) is 25.3 Å². The minimum absolute atomic E-state index is 0.0443. The van der Waals surface area contributed by atoms with Crippen molar-refractivity contribution in [2.24, 2.45) is 5.92 Å². The Hall–Kier alpha value is -2.93. The summed E-state index contributed by atoms with van der Waals surface area (Å²) in [4.78, 5) is 31.4. The average molecular weight is 410 g/mol. The van der Waals surface area contributed by atoms with Gasteiger partial charge in [-0.2, -0.15) is 0 Å². The number of ether oxygens (including phenoxy) is 1. The van der Waals surface area contributed by atoms with Crippen LogP contribution < -0.4 is 15.0 Å². The van der Waals surface area contributed by atoms with Gasteiger partial charge in [-0.15, -0.1) is 11.3 Å². The van der Waals surface area contributed by atoms with Gasteiger partial charge in [0.1, 0.15) is 5.75 Å². The van der Waals surface area contributed by atoms with E-state index in [1.807, 2.05) is 63.2 Å². The van der Waals surface area contributed by atoms with Crippen LogP contribution in [0, 0.1) is 12.8 Å². The molecule has 7 heteroatoms. The zero-order valence-corrected chi connectivity index (χ0v) is 17.5. The first kappa shape index (κ1) is 19.4. The second-order valence-corrected chi connectivity index (χ2v) is 8.71. The molecule has 4 rings (SSSR count). The number of benzene rings is 2. The largest absolute Gasteiger partial charge is 0.491 e. The lowest BCUT2D eigenvalue weighted by Gasteiger charge is -2.17. The van der Waals surface area contributed by atoms with E-state index in [2.05, 4.69) is 10.3 Å². The third-order valence-electron chi connectivity index (χ3n) is 4.78. The molecule has 1 fully saturated rings. The molecule has 3 aromatic rings. The van der Waals surface area contributed by atoms with Crippen LogP contribution in [0.4, 0.5) is 11.4 Å². The maximum Gasteiger partial charge on any atom is 0.229 e. The van der Waals surface area contributed by atoms with E-state index in [4.69, 9.17) is 4.74 Å². The summed E-state index contributed by atoms with van der Waals surface area (Å²) in [6.45, 7) is 6.26. The Morgan fingerprint density at radius 2 is 2.00 bits per heavy atom. The Morgan fingerprint density at radius 3 is 2.72 bits per heavy atom. The molecule has 1 atom stereocenters. The van der Waals surface area contributed by atoms with Crippen LogP contribution in [0.25, 0.3) is 10.2 Å². The van der Waals surface area contributed by atoms with Crippen molar-refractivity contribution < 1.29 is 14.3 Å². The van der Waals surface area contributed by atoms with Crippen LogP contribution in [-0.2, 0) is 9.59 Å². The Bertz CT molecular complexity index is 1060. The lowest BCUT2D eigenvalue weighted by atomic mass is 10.1. The molecular formula is C22H23N3O3S. The molecule has 1 aromatic heterocycles. The van der Waals surface area contributed by atoms with Gasteiger partial charge in [-0.25, -0.2) is 4.98 Å². The zero-order valence-electron chi connectivity index (χ0n) is 16.6. The summed E-state index contributed by atoms with van der Waals surface area (Å²) in [5, 5.41) is 3.90. The van der Waals surface area contributed by atoms with Gasteiger partial charge in [0.25, 0.3) is 0 Å². The Labute approximate surface area is 173 Å². The van der Waals surface area contributed by atoms with Crippen molar-refractivity contribution >= 4 is 44.7 Å². The van der Waals surface area contributed by atoms with Gasteiger partial charge in [-0.3, -0.25) is 9.59 Å². The summed E-state index contributed by atoms with van der Waals surface area (Å²) in [5.41, 5.74) is 2.36. The molecule has 0 saturated carbocycles. The lowest BCUT2D eigenvalue weighted by Crippen LogP contribution is -2.28. The van der Waals surface area contributed by atoms with Gasteiger partial charge in [0.15, 0.2) is 0 Å². The number of nitrogens with one attached hydrogen (secondary N) is 1. The van der Waals surface area contributed by atoms with Crippen LogP contribution in [-0.4, -0.2) is 29.4 Å². The third kappa shape index (κ3) is 4.24. The summed E-state index contributed by atoms with van der Waals surface area (Å²) >= 11 is 1.63. The number of anilines is 2. The van der Waals surface area contributed by atoms with Crippen molar-refractivity contribution in [1.82, 2.24) is 4.98 Å². The Morgan fingerprint density at radius 1 is 1.24 bits per heavy atom. The summed E-state index contributed by atoms with van der Waals surface area (Å²) in [5.74, 6) is 0.177. The predicted octanol–water partition coefficient (Wildman–Crippen LogP) is 4.38. The number of nitrogens with zero attached hydrogens (tertiary/aromatic N) is 2. The number of hydrogen-bond donors (Lipinski definition) is 1. The highest BCUT2D eigenvalue weighted by Crippen LogP contribution is 2.30. The highest BCUT2D eigenvalue weighted by Gasteiger charge is 2.35. The summed E-state index contributed by atoms with van der Waals surface area (Å²) < 4.78 is 6.71. The fourth-order valence-corrected chi connectivity index (χ4v) is 4.27. The molecule has 0 bridgehead atoms. The molecule has 1 aliphatic heterocycles. The first-order valence-electron chi connectivity index (χ1n) is 9.64. The predicted molar refractivity (Wildman–Crippen MR) is 116 cm³/mol. The second-order valence-electron chi connectivity index (χ2n) is 7.47. The van der Waals surface area contributed by atoms with Crippen LogP contribution >= 0.6 is 11.3 Å². The fraction of sp³-hybridized carbons (Fsp3) is 0.318. The molecule has 150 valence electrons. The molecular weight excluding hydrogens is 386 g/mol. The quantitative estimate of drug-likeness (QED) is 0.679. The fourth-order valence-electron chi connectivity index (χ4n) is 3.46. The third-order valence-corrected chi connectivity index (χ3v) is 5.73. The van der Waals surface area contributed by atoms with E-state index in [0.29, 0.717) is 12.2 Å². The number of amides is 2. The number of thiazole rings is 1. The first-order valence-corrected chi connectivity index (χ1v) is 10.5. The number of hydrogen-bond acceptors (Lipinski definition) is 5. The van der Waals surface area contributed by atoms with Crippen LogP contribution in [0.5, 0.6) is 5.75 Å². The number of carbonyl (C=O) groups is 2. The highest BCUT2D eigenvalue weighted by molar-refractivity contribution is 7.18. The molecule has 1 saturated heterocycles. The van der Waals surface area contributed by atoms with Crippen LogP contribution in [0.15, 0.2) is 42.5 Å². The molecule has 1 unspecified atom stereocenters. The molecule has 6 nitrogen and oxygen atoms in total. The van der Waals surface area contributed by atoms with Crippen molar-refractivity contribution in [2.75, 3.05) is 16.8 Å². The standard InChI is InChI=1S/C22H23N3O3S/c1-13(2)28-18-7-4-16(5-8-18)24-22(27)15-10-21(26)25(12-15)17-6-9-20-19(11-17)23-14(3)29-20/h4-9,11,13,15H,10,12H2,1-3H3,(H,24,27). The number of aryl methyl sites for hydroxylation is 1. The molecule has 0 radical (unpaired) electrons. The topological polar surface area (TPSA) is 71.5 Å². The van der Waals surface area contributed by atoms with Crippen molar-refractivity contribution in [2.45, 2.75) is 33.3 Å². The van der Waals surface area contributed by atoms with E-state index < -0.39 is 0 Å². The zero-order chi connectivity index (χ0) is 20.5. The van der Waals surface area contributed by atoms with Gasteiger partial charge in [0.2, 0.25) is 11.8 Å². The van der Waals surface area contributed by atoms with E-state index in [9.17, 15) is 9.59 Å². The van der Waals surface area contributed by atoms with Gasteiger partial charge in [-0.05, 0) is 63.2 Å². The van der Waals surface area contributed by atoms with E-state index in [1.54, 1.807) is 16.2 Å². The molecule has 1 N–H and O–H groups in total.